The van der Waals surface area contributed by atoms with Gasteiger partial charge in [-0.3, -0.25) is 0 Å². The number of hydrogen-bond donors (Lipinski definition) is 2. The van der Waals surface area contributed by atoms with Gasteiger partial charge in [0.15, 0.2) is 5.13 Å². The Balaban J connectivity index is 2.48. The Morgan fingerprint density at radius 1 is 1.50 bits per heavy atom. The number of aliphatic hydroxyl groups is 1. The van der Waals surface area contributed by atoms with E-state index in [1.54, 1.807) is 11.3 Å². The average molecular weight is 243 g/mol. The lowest BCUT2D eigenvalue weighted by Crippen LogP contribution is -2.39. The molecule has 0 radical (unpaired) electrons. The van der Waals surface area contributed by atoms with Gasteiger partial charge >= 0.3 is 0 Å². The van der Waals surface area contributed by atoms with Gasteiger partial charge in [-0.05, 0) is 20.3 Å². The first-order valence-corrected chi connectivity index (χ1v) is 6.24. The van der Waals surface area contributed by atoms with Crippen LogP contribution in [-0.4, -0.2) is 36.3 Å². The fourth-order valence-electron chi connectivity index (χ4n) is 1.28. The van der Waals surface area contributed by atoms with Crippen LogP contribution in [0, 0.1) is 0 Å². The van der Waals surface area contributed by atoms with Crippen LogP contribution in [0.1, 0.15) is 25.1 Å². The number of aromatic nitrogens is 1. The minimum Gasteiger partial charge on any atom is -0.396 e. The Bertz CT molecular complexity index is 323. The van der Waals surface area contributed by atoms with Gasteiger partial charge in [-0.2, -0.15) is 0 Å². The molecule has 16 heavy (non-hydrogen) atoms. The molecule has 0 aliphatic heterocycles. The number of aliphatic hydroxyl groups excluding tert-OH is 1. The Kier molecular flexibility index (Phi) is 4.70. The van der Waals surface area contributed by atoms with Crippen LogP contribution >= 0.6 is 11.3 Å². The maximum atomic E-state index is 8.92. The van der Waals surface area contributed by atoms with Gasteiger partial charge in [-0.1, -0.05) is 0 Å². The molecule has 0 fully saturated rings. The number of thiazole rings is 1. The van der Waals surface area contributed by atoms with Gasteiger partial charge in [0, 0.05) is 43.9 Å². The quantitative estimate of drug-likeness (QED) is 0.794. The van der Waals surface area contributed by atoms with E-state index in [4.69, 9.17) is 5.11 Å². The second kappa shape index (κ2) is 5.61. The van der Waals surface area contributed by atoms with Crippen LogP contribution in [0.5, 0.6) is 0 Å². The molecule has 0 aliphatic carbocycles. The molecule has 2 N–H and O–H groups in total. The van der Waals surface area contributed by atoms with Crippen LogP contribution in [0.2, 0.25) is 0 Å². The molecular formula is C11H21N3OS. The first kappa shape index (κ1) is 13.4. The van der Waals surface area contributed by atoms with Crippen molar-refractivity contribution in [1.82, 2.24) is 10.3 Å². The molecule has 0 aromatic carbocycles. The van der Waals surface area contributed by atoms with Gasteiger partial charge in [0.2, 0.25) is 0 Å². The van der Waals surface area contributed by atoms with Crippen LogP contribution in [-0.2, 0) is 6.54 Å². The van der Waals surface area contributed by atoms with Crippen molar-refractivity contribution in [2.45, 2.75) is 32.4 Å². The maximum Gasteiger partial charge on any atom is 0.185 e. The van der Waals surface area contributed by atoms with Gasteiger partial charge < -0.3 is 15.3 Å². The third-order valence-corrected chi connectivity index (χ3v) is 3.57. The van der Waals surface area contributed by atoms with E-state index in [1.807, 2.05) is 25.2 Å². The minimum atomic E-state index is -0.0307. The third kappa shape index (κ3) is 4.08. The van der Waals surface area contributed by atoms with Crippen molar-refractivity contribution in [2.24, 2.45) is 0 Å². The SMILES string of the molecule is CN(C)c1ncc(CNC(C)(C)CCO)s1. The van der Waals surface area contributed by atoms with Crippen LogP contribution in [0.4, 0.5) is 5.13 Å². The lowest BCUT2D eigenvalue weighted by atomic mass is 10.0. The van der Waals surface area contributed by atoms with Crippen molar-refractivity contribution >= 4 is 16.5 Å². The molecule has 0 amide bonds. The number of nitrogens with one attached hydrogen (secondary N) is 1. The van der Waals surface area contributed by atoms with E-state index in [2.05, 4.69) is 24.1 Å². The zero-order valence-electron chi connectivity index (χ0n) is 10.4. The Morgan fingerprint density at radius 2 is 2.19 bits per heavy atom. The minimum absolute atomic E-state index is 0.0307. The van der Waals surface area contributed by atoms with E-state index in [9.17, 15) is 0 Å². The van der Waals surface area contributed by atoms with E-state index in [0.29, 0.717) is 0 Å². The van der Waals surface area contributed by atoms with E-state index in [-0.39, 0.29) is 12.1 Å². The highest BCUT2D eigenvalue weighted by molar-refractivity contribution is 7.15. The van der Waals surface area contributed by atoms with Crippen LogP contribution in [0.3, 0.4) is 0 Å². The predicted octanol–water partition coefficient (Wildman–Crippen LogP) is 1.46. The Hall–Kier alpha value is -0.650. The molecular weight excluding hydrogens is 222 g/mol. The Labute approximate surface area is 101 Å². The summed E-state index contributed by atoms with van der Waals surface area (Å²) >= 11 is 1.69. The smallest absolute Gasteiger partial charge is 0.185 e. The zero-order chi connectivity index (χ0) is 12.2. The van der Waals surface area contributed by atoms with Crippen molar-refractivity contribution < 1.29 is 5.11 Å². The van der Waals surface area contributed by atoms with E-state index >= 15 is 0 Å². The molecule has 4 nitrogen and oxygen atoms in total. The van der Waals surface area contributed by atoms with Crippen molar-refractivity contribution in [1.29, 1.82) is 0 Å². The highest BCUT2D eigenvalue weighted by Gasteiger charge is 2.16. The fraction of sp³-hybridized carbons (Fsp3) is 0.727. The summed E-state index contributed by atoms with van der Waals surface area (Å²) in [7, 11) is 3.98. The van der Waals surface area contributed by atoms with Gasteiger partial charge in [0.1, 0.15) is 0 Å². The molecule has 0 saturated heterocycles. The molecule has 1 heterocycles. The van der Waals surface area contributed by atoms with Crippen molar-refractivity contribution in [2.75, 3.05) is 25.6 Å². The molecule has 0 bridgehead atoms. The summed E-state index contributed by atoms with van der Waals surface area (Å²) in [5.74, 6) is 0. The van der Waals surface area contributed by atoms with E-state index in [0.717, 1.165) is 18.1 Å². The molecule has 0 saturated carbocycles. The topological polar surface area (TPSA) is 48.4 Å². The highest BCUT2D eigenvalue weighted by atomic mass is 32.1. The first-order chi connectivity index (χ1) is 7.44. The van der Waals surface area contributed by atoms with Crippen molar-refractivity contribution in [3.63, 3.8) is 0 Å². The average Bonchev–Trinajstić information content (AvgIpc) is 2.63. The normalized spacial score (nSPS) is 11.8. The van der Waals surface area contributed by atoms with E-state index < -0.39 is 0 Å². The number of hydrogen-bond acceptors (Lipinski definition) is 5. The van der Waals surface area contributed by atoms with Gasteiger partial charge in [0.25, 0.3) is 0 Å². The summed E-state index contributed by atoms with van der Waals surface area (Å²) in [6.45, 7) is 5.21. The van der Waals surface area contributed by atoms with Crippen LogP contribution in [0.15, 0.2) is 6.20 Å². The lowest BCUT2D eigenvalue weighted by molar-refractivity contribution is 0.230. The Morgan fingerprint density at radius 3 is 2.69 bits per heavy atom. The zero-order valence-corrected chi connectivity index (χ0v) is 11.3. The highest BCUT2D eigenvalue weighted by Crippen LogP contribution is 2.21. The standard InChI is InChI=1S/C11H21N3OS/c1-11(2,5-6-15)13-8-9-7-12-10(16-9)14(3)4/h7,13,15H,5-6,8H2,1-4H3. The molecule has 0 unspecified atom stereocenters. The fourth-order valence-corrected chi connectivity index (χ4v) is 2.05. The van der Waals surface area contributed by atoms with Gasteiger partial charge in [-0.25, -0.2) is 4.98 Å². The molecule has 0 spiro atoms. The molecule has 1 aromatic heterocycles. The summed E-state index contributed by atoms with van der Waals surface area (Å²) in [5, 5.41) is 13.4. The van der Waals surface area contributed by atoms with Crippen molar-refractivity contribution in [3.05, 3.63) is 11.1 Å². The number of rotatable bonds is 6. The summed E-state index contributed by atoms with van der Waals surface area (Å²) in [6, 6.07) is 0. The second-order valence-corrected chi connectivity index (χ2v) is 5.81. The lowest BCUT2D eigenvalue weighted by Gasteiger charge is -2.24. The van der Waals surface area contributed by atoms with E-state index in [1.165, 1.54) is 4.88 Å². The maximum absolute atomic E-state index is 8.92. The molecule has 5 heteroatoms. The predicted molar refractivity (Wildman–Crippen MR) is 69.1 cm³/mol. The first-order valence-electron chi connectivity index (χ1n) is 5.42. The summed E-state index contributed by atoms with van der Waals surface area (Å²) in [5.41, 5.74) is -0.0307. The molecule has 0 atom stereocenters. The van der Waals surface area contributed by atoms with Crippen LogP contribution in [0.25, 0.3) is 0 Å². The number of anilines is 1. The third-order valence-electron chi connectivity index (χ3n) is 2.40. The second-order valence-electron chi connectivity index (χ2n) is 4.71. The van der Waals surface area contributed by atoms with Crippen molar-refractivity contribution in [3.8, 4) is 0 Å². The largest absolute Gasteiger partial charge is 0.396 e. The summed E-state index contributed by atoms with van der Waals surface area (Å²) in [4.78, 5) is 7.54. The van der Waals surface area contributed by atoms with Gasteiger partial charge in [-0.15, -0.1) is 11.3 Å². The molecule has 0 aliphatic rings. The monoisotopic (exact) mass is 243 g/mol. The summed E-state index contributed by atoms with van der Waals surface area (Å²) < 4.78 is 0. The van der Waals surface area contributed by atoms with Crippen LogP contribution < -0.4 is 10.2 Å². The van der Waals surface area contributed by atoms with Gasteiger partial charge in [0.05, 0.1) is 0 Å². The number of nitrogens with zero attached hydrogens (tertiary/aromatic N) is 2. The molecule has 92 valence electrons. The molecule has 1 rings (SSSR count). The molecule has 1 aromatic rings. The summed E-state index contributed by atoms with van der Waals surface area (Å²) in [6.07, 6.45) is 2.66.